The fourth-order valence-electron chi connectivity index (χ4n) is 2.79. The van der Waals surface area contributed by atoms with Crippen molar-refractivity contribution in [1.29, 1.82) is 0 Å². The fraction of sp³-hybridized carbons (Fsp3) is 0.294. The van der Waals surface area contributed by atoms with Crippen molar-refractivity contribution in [2.75, 3.05) is 5.32 Å². The van der Waals surface area contributed by atoms with Crippen LogP contribution in [0.15, 0.2) is 45.3 Å². The van der Waals surface area contributed by atoms with Gasteiger partial charge in [-0.15, -0.1) is 0 Å². The average Bonchev–Trinajstić information content (AvgIpc) is 2.90. The zero-order chi connectivity index (χ0) is 14.1. The maximum absolute atomic E-state index is 3.60. The molecule has 3 heteroatoms. The van der Waals surface area contributed by atoms with Crippen LogP contribution in [-0.2, 0) is 12.8 Å². The Morgan fingerprint density at radius 3 is 2.65 bits per heavy atom. The van der Waals surface area contributed by atoms with E-state index in [4.69, 9.17) is 0 Å². The lowest BCUT2D eigenvalue weighted by atomic mass is 10.0. The maximum atomic E-state index is 3.60. The SMILES string of the molecule is CC(Nc1cc(Br)ccc1Br)c1ccc2c(c1)CCC2. The van der Waals surface area contributed by atoms with Crippen molar-refractivity contribution in [3.63, 3.8) is 0 Å². The number of fused-ring (bicyclic) bond motifs is 1. The highest BCUT2D eigenvalue weighted by atomic mass is 79.9. The van der Waals surface area contributed by atoms with Gasteiger partial charge >= 0.3 is 0 Å². The Hall–Kier alpha value is -0.800. The van der Waals surface area contributed by atoms with E-state index in [1.165, 1.54) is 36.0 Å². The molecule has 2 aromatic rings. The van der Waals surface area contributed by atoms with Gasteiger partial charge in [0.25, 0.3) is 0 Å². The Kier molecular flexibility index (Phi) is 4.18. The molecule has 0 spiro atoms. The topological polar surface area (TPSA) is 12.0 Å². The van der Waals surface area contributed by atoms with Crippen LogP contribution < -0.4 is 5.32 Å². The van der Waals surface area contributed by atoms with E-state index >= 15 is 0 Å². The van der Waals surface area contributed by atoms with Crippen LogP contribution in [0.4, 0.5) is 5.69 Å². The van der Waals surface area contributed by atoms with Crippen molar-refractivity contribution in [3.8, 4) is 0 Å². The first-order valence-electron chi connectivity index (χ1n) is 6.97. The molecule has 0 saturated heterocycles. The van der Waals surface area contributed by atoms with Crippen LogP contribution in [0.25, 0.3) is 0 Å². The number of halogens is 2. The predicted molar refractivity (Wildman–Crippen MR) is 92.3 cm³/mol. The van der Waals surface area contributed by atoms with Crippen LogP contribution >= 0.6 is 31.9 Å². The summed E-state index contributed by atoms with van der Waals surface area (Å²) in [7, 11) is 0. The molecule has 0 amide bonds. The van der Waals surface area contributed by atoms with Crippen molar-refractivity contribution in [3.05, 3.63) is 62.0 Å². The molecule has 104 valence electrons. The van der Waals surface area contributed by atoms with Gasteiger partial charge in [-0.1, -0.05) is 34.1 Å². The summed E-state index contributed by atoms with van der Waals surface area (Å²) in [4.78, 5) is 0. The summed E-state index contributed by atoms with van der Waals surface area (Å²) in [5.41, 5.74) is 5.54. The predicted octanol–water partition coefficient (Wildman–Crippen LogP) is 5.87. The van der Waals surface area contributed by atoms with Gasteiger partial charge in [0, 0.05) is 15.0 Å². The van der Waals surface area contributed by atoms with E-state index in [1.807, 2.05) is 6.07 Å². The lowest BCUT2D eigenvalue weighted by molar-refractivity contribution is 0.878. The first-order chi connectivity index (χ1) is 9.63. The van der Waals surface area contributed by atoms with Gasteiger partial charge in [0.05, 0.1) is 5.69 Å². The van der Waals surface area contributed by atoms with Gasteiger partial charge in [0.1, 0.15) is 0 Å². The number of hydrogen-bond acceptors (Lipinski definition) is 1. The van der Waals surface area contributed by atoms with E-state index in [0.29, 0.717) is 6.04 Å². The van der Waals surface area contributed by atoms with Gasteiger partial charge in [-0.25, -0.2) is 0 Å². The summed E-state index contributed by atoms with van der Waals surface area (Å²) in [6.07, 6.45) is 3.78. The third-order valence-corrected chi connectivity index (χ3v) is 5.11. The average molecular weight is 395 g/mol. The smallest absolute Gasteiger partial charge is 0.0500 e. The maximum Gasteiger partial charge on any atom is 0.0500 e. The molecule has 0 saturated carbocycles. The third-order valence-electron chi connectivity index (χ3n) is 3.92. The van der Waals surface area contributed by atoms with E-state index in [0.717, 1.165) is 14.6 Å². The van der Waals surface area contributed by atoms with Gasteiger partial charge in [-0.05, 0) is 77.0 Å². The highest BCUT2D eigenvalue weighted by molar-refractivity contribution is 9.11. The minimum Gasteiger partial charge on any atom is -0.378 e. The molecule has 0 aliphatic heterocycles. The monoisotopic (exact) mass is 393 g/mol. The van der Waals surface area contributed by atoms with Crippen LogP contribution in [0.1, 0.15) is 36.1 Å². The first kappa shape index (κ1) is 14.2. The van der Waals surface area contributed by atoms with E-state index in [-0.39, 0.29) is 0 Å². The van der Waals surface area contributed by atoms with E-state index in [9.17, 15) is 0 Å². The van der Waals surface area contributed by atoms with Gasteiger partial charge in [-0.2, -0.15) is 0 Å². The van der Waals surface area contributed by atoms with Crippen LogP contribution in [0, 0.1) is 0 Å². The highest BCUT2D eigenvalue weighted by Crippen LogP contribution is 2.31. The molecule has 1 unspecified atom stereocenters. The Morgan fingerprint density at radius 2 is 1.80 bits per heavy atom. The van der Waals surface area contributed by atoms with Crippen molar-refractivity contribution < 1.29 is 0 Å². The van der Waals surface area contributed by atoms with Gasteiger partial charge in [0.15, 0.2) is 0 Å². The third kappa shape index (κ3) is 2.94. The Morgan fingerprint density at radius 1 is 1.00 bits per heavy atom. The minimum absolute atomic E-state index is 0.298. The molecular formula is C17H17Br2N. The molecular weight excluding hydrogens is 378 g/mol. The molecule has 20 heavy (non-hydrogen) atoms. The quantitative estimate of drug-likeness (QED) is 0.685. The summed E-state index contributed by atoms with van der Waals surface area (Å²) in [5, 5.41) is 3.58. The molecule has 0 radical (unpaired) electrons. The van der Waals surface area contributed by atoms with Gasteiger partial charge in [0.2, 0.25) is 0 Å². The van der Waals surface area contributed by atoms with Crippen molar-refractivity contribution in [1.82, 2.24) is 0 Å². The standard InChI is InChI=1S/C17H17Br2N/c1-11(20-17-10-15(18)7-8-16(17)19)13-6-5-12-3-2-4-14(12)9-13/h5-11,20H,2-4H2,1H3. The van der Waals surface area contributed by atoms with E-state index in [2.05, 4.69) is 74.4 Å². The molecule has 0 bridgehead atoms. The molecule has 3 rings (SSSR count). The first-order valence-corrected chi connectivity index (χ1v) is 8.55. The second-order valence-corrected chi connectivity index (χ2v) is 7.14. The van der Waals surface area contributed by atoms with Crippen molar-refractivity contribution in [2.45, 2.75) is 32.2 Å². The number of nitrogens with one attached hydrogen (secondary N) is 1. The number of benzene rings is 2. The summed E-state index contributed by atoms with van der Waals surface area (Å²) in [6.45, 7) is 2.21. The number of aryl methyl sites for hydroxylation is 2. The molecule has 1 aliphatic rings. The summed E-state index contributed by atoms with van der Waals surface area (Å²) >= 11 is 7.12. The summed E-state index contributed by atoms with van der Waals surface area (Å²) < 4.78 is 2.18. The normalized spacial score (nSPS) is 14.9. The summed E-state index contributed by atoms with van der Waals surface area (Å²) in [5.74, 6) is 0. The molecule has 1 atom stereocenters. The van der Waals surface area contributed by atoms with Crippen molar-refractivity contribution in [2.24, 2.45) is 0 Å². The molecule has 0 heterocycles. The van der Waals surface area contributed by atoms with Crippen LogP contribution in [0.3, 0.4) is 0 Å². The molecule has 0 aromatic heterocycles. The number of anilines is 1. The van der Waals surface area contributed by atoms with E-state index < -0.39 is 0 Å². The lowest BCUT2D eigenvalue weighted by Gasteiger charge is -2.18. The van der Waals surface area contributed by atoms with E-state index in [1.54, 1.807) is 0 Å². The fourth-order valence-corrected chi connectivity index (χ4v) is 3.51. The lowest BCUT2D eigenvalue weighted by Crippen LogP contribution is -2.07. The Bertz CT molecular complexity index is 637. The highest BCUT2D eigenvalue weighted by Gasteiger charge is 2.14. The summed E-state index contributed by atoms with van der Waals surface area (Å²) in [6, 6.07) is 13.4. The second-order valence-electron chi connectivity index (χ2n) is 5.37. The largest absolute Gasteiger partial charge is 0.378 e. The second kappa shape index (κ2) is 5.90. The van der Waals surface area contributed by atoms with Crippen LogP contribution in [0.5, 0.6) is 0 Å². The molecule has 1 N–H and O–H groups in total. The van der Waals surface area contributed by atoms with Crippen LogP contribution in [-0.4, -0.2) is 0 Å². The molecule has 1 nitrogen and oxygen atoms in total. The molecule has 0 fully saturated rings. The zero-order valence-electron chi connectivity index (χ0n) is 11.4. The minimum atomic E-state index is 0.298. The number of rotatable bonds is 3. The van der Waals surface area contributed by atoms with Crippen LogP contribution in [0.2, 0.25) is 0 Å². The van der Waals surface area contributed by atoms with Gasteiger partial charge in [-0.3, -0.25) is 0 Å². The number of hydrogen-bond donors (Lipinski definition) is 1. The van der Waals surface area contributed by atoms with Crippen molar-refractivity contribution >= 4 is 37.5 Å². The van der Waals surface area contributed by atoms with Gasteiger partial charge < -0.3 is 5.32 Å². The molecule has 2 aromatic carbocycles. The zero-order valence-corrected chi connectivity index (χ0v) is 14.6. The Balaban J connectivity index is 1.82. The molecule has 1 aliphatic carbocycles. The Labute approximate surface area is 137 Å².